The van der Waals surface area contributed by atoms with Crippen molar-refractivity contribution in [1.82, 2.24) is 0 Å². The molecule has 0 aliphatic heterocycles. The van der Waals surface area contributed by atoms with Crippen molar-refractivity contribution >= 4 is 53.4 Å². The van der Waals surface area contributed by atoms with Crippen LogP contribution < -0.4 is 0 Å². The largest absolute Gasteiger partial charge is 0 e. The van der Waals surface area contributed by atoms with Gasteiger partial charge in [0, 0.05) is 34.9 Å². The summed E-state index contributed by atoms with van der Waals surface area (Å²) in [4.78, 5) is 0. The zero-order chi connectivity index (χ0) is 16.2. The van der Waals surface area contributed by atoms with Crippen molar-refractivity contribution in [2.75, 3.05) is 19.8 Å². The quantitative estimate of drug-likeness (QED) is 0.430. The molecule has 0 aliphatic rings. The Kier molecular flexibility index (Phi) is 57.0. The van der Waals surface area contributed by atoms with E-state index >= 15 is 0 Å². The second-order valence-corrected chi connectivity index (χ2v) is 8.09. The Morgan fingerprint density at radius 2 is 1.05 bits per heavy atom. The van der Waals surface area contributed by atoms with Crippen LogP contribution in [-0.2, 0) is 38.7 Å². The molecular formula is C10H23Cl5O3Ti2. The van der Waals surface area contributed by atoms with Crippen LogP contribution in [0.15, 0.2) is 0 Å². The normalized spacial score (nSPS) is 8.50. The van der Waals surface area contributed by atoms with Crippen LogP contribution in [0.1, 0.15) is 39.5 Å². The Morgan fingerprint density at radius 1 is 0.850 bits per heavy atom. The summed E-state index contributed by atoms with van der Waals surface area (Å²) < 4.78 is -1.49. The Balaban J connectivity index is -0.0000000504. The summed E-state index contributed by atoms with van der Waals surface area (Å²) in [6.45, 7) is 4.36. The van der Waals surface area contributed by atoms with Crippen molar-refractivity contribution in [1.29, 1.82) is 0 Å². The van der Waals surface area contributed by atoms with Crippen molar-refractivity contribution in [3.05, 3.63) is 0 Å². The van der Waals surface area contributed by atoms with E-state index in [0.717, 1.165) is 25.7 Å². The molecule has 3 nitrogen and oxygen atoms in total. The molecule has 0 aromatic carbocycles. The molecule has 0 saturated heterocycles. The predicted octanol–water partition coefficient (Wildman–Crippen LogP) is 4.28. The number of hydrogen-bond acceptors (Lipinski definition) is 3. The van der Waals surface area contributed by atoms with Gasteiger partial charge >= 0.3 is 35.6 Å². The molecule has 0 aromatic rings. The number of aliphatic hydroxyl groups excluding tert-OH is 3. The average molecular weight is 464 g/mol. The zero-order valence-electron chi connectivity index (χ0n) is 11.7. The molecule has 0 fully saturated rings. The van der Waals surface area contributed by atoms with E-state index in [1.807, 2.05) is 0 Å². The summed E-state index contributed by atoms with van der Waals surface area (Å²) in [6, 6.07) is 0. The van der Waals surface area contributed by atoms with Gasteiger partial charge in [-0.05, 0) is 12.8 Å². The topological polar surface area (TPSA) is 60.7 Å². The van der Waals surface area contributed by atoms with Gasteiger partial charge in [-0.2, -0.15) is 0 Å². The van der Waals surface area contributed by atoms with Gasteiger partial charge in [-0.25, -0.2) is 0 Å². The van der Waals surface area contributed by atoms with E-state index < -0.39 is 27.4 Å². The molecule has 0 radical (unpaired) electrons. The Labute approximate surface area is 169 Å². The molecule has 0 rings (SSSR count). The van der Waals surface area contributed by atoms with Gasteiger partial charge < -0.3 is 15.3 Å². The molecule has 0 saturated carbocycles. The summed E-state index contributed by atoms with van der Waals surface area (Å²) in [5.74, 6) is 0. The maximum Gasteiger partial charge on any atom is 0 e. The molecule has 3 N–H and O–H groups in total. The number of alkyl halides is 3. The van der Waals surface area contributed by atoms with Crippen LogP contribution in [-0.4, -0.2) is 38.9 Å². The third-order valence-electron chi connectivity index (χ3n) is 1.20. The Morgan fingerprint density at radius 3 is 1.05 bits per heavy atom. The second-order valence-electron chi connectivity index (χ2n) is 3.00. The van der Waals surface area contributed by atoms with E-state index in [1.54, 1.807) is 0 Å². The average Bonchev–Trinajstić information content (AvgIpc) is 2.33. The van der Waals surface area contributed by atoms with Crippen molar-refractivity contribution < 1.29 is 54.1 Å². The Hall–Kier alpha value is 2.76. The monoisotopic (exact) mass is 462 g/mol. The van der Waals surface area contributed by atoms with E-state index in [2.05, 4.69) is 13.8 Å². The molecule has 0 spiro atoms. The van der Waals surface area contributed by atoms with E-state index in [0.29, 0.717) is 13.2 Å². The smallest absolute Gasteiger partial charge is 0 e. The van der Waals surface area contributed by atoms with Gasteiger partial charge in [-0.3, -0.25) is 0 Å². The third-order valence-corrected chi connectivity index (χ3v) is 1.56. The first-order valence-electron chi connectivity index (χ1n) is 5.66. The van der Waals surface area contributed by atoms with Gasteiger partial charge in [0.1, 0.15) is 0 Å². The molecule has 0 amide bonds. The fourth-order valence-electron chi connectivity index (χ4n) is 0.316. The minimum atomic E-state index is -1.49. The van der Waals surface area contributed by atoms with Crippen LogP contribution in [0.5, 0.6) is 0 Å². The molecule has 0 aliphatic carbocycles. The summed E-state index contributed by atoms with van der Waals surface area (Å²) in [6.07, 6.45) is 4.08. The fourth-order valence-corrected chi connectivity index (χ4v) is 0.316. The summed E-state index contributed by atoms with van der Waals surface area (Å²) in [5.41, 5.74) is 0. The number of rotatable bonds is 4. The van der Waals surface area contributed by atoms with Gasteiger partial charge in [0.15, 0.2) is 0 Å². The van der Waals surface area contributed by atoms with E-state index in [9.17, 15) is 0 Å². The molecule has 0 bridgehead atoms. The van der Waals surface area contributed by atoms with Crippen molar-refractivity contribution in [2.45, 2.75) is 43.3 Å². The molecule has 20 heavy (non-hydrogen) atoms. The first kappa shape index (κ1) is 34.2. The van der Waals surface area contributed by atoms with Gasteiger partial charge in [-0.1, -0.05) is 61.5 Å². The van der Waals surface area contributed by atoms with E-state index in [1.165, 1.54) is 0 Å². The molecule has 0 aromatic heterocycles. The van der Waals surface area contributed by atoms with E-state index in [4.69, 9.17) is 68.7 Å². The van der Waals surface area contributed by atoms with Crippen LogP contribution in [0.25, 0.3) is 0 Å². The molecular weight excluding hydrogens is 441 g/mol. The van der Waals surface area contributed by atoms with Crippen LogP contribution >= 0.6 is 53.4 Å². The predicted molar refractivity (Wildman–Crippen MR) is 83.1 cm³/mol. The van der Waals surface area contributed by atoms with Crippen LogP contribution in [0, 0.1) is 0 Å². The first-order valence-corrected chi connectivity index (χ1v) is 11.1. The fraction of sp³-hybridized carbons (Fsp3) is 1.00. The van der Waals surface area contributed by atoms with Gasteiger partial charge in [0.2, 0.25) is 3.79 Å². The molecule has 0 heterocycles. The second kappa shape index (κ2) is 33.4. The minimum Gasteiger partial charge on any atom is 0 e. The SMILES string of the molecule is CCCCO.CCCCO.OCC(Cl)(Cl)Cl.[Cl][Ti][Cl].[Ti]. The van der Waals surface area contributed by atoms with Gasteiger partial charge in [0.05, 0.1) is 6.61 Å². The van der Waals surface area contributed by atoms with Gasteiger partial charge in [-0.15, -0.1) is 0 Å². The summed E-state index contributed by atoms with van der Waals surface area (Å²) in [5, 5.41) is 24.1. The maximum absolute atomic E-state index is 8.07. The summed E-state index contributed by atoms with van der Waals surface area (Å²) in [7, 11) is 9.78. The molecule has 124 valence electrons. The number of unbranched alkanes of at least 4 members (excludes halogenated alkanes) is 2. The van der Waals surface area contributed by atoms with Crippen molar-refractivity contribution in [2.24, 2.45) is 0 Å². The molecule has 10 heteroatoms. The number of aliphatic hydroxyl groups is 3. The van der Waals surface area contributed by atoms with Gasteiger partial charge in [0.25, 0.3) is 0 Å². The Bertz CT molecular complexity index is 122. The third kappa shape index (κ3) is 85.1. The molecule has 0 atom stereocenters. The molecule has 0 unspecified atom stereocenters. The van der Waals surface area contributed by atoms with Crippen LogP contribution in [0.2, 0.25) is 0 Å². The minimum absolute atomic E-state index is 0. The zero-order valence-corrected chi connectivity index (χ0v) is 18.6. The van der Waals surface area contributed by atoms with E-state index in [-0.39, 0.29) is 21.7 Å². The van der Waals surface area contributed by atoms with Crippen LogP contribution in [0.3, 0.4) is 0 Å². The van der Waals surface area contributed by atoms with Crippen molar-refractivity contribution in [3.8, 4) is 0 Å². The first-order chi connectivity index (χ1) is 8.80. The van der Waals surface area contributed by atoms with Crippen LogP contribution in [0.4, 0.5) is 0 Å². The summed E-state index contributed by atoms with van der Waals surface area (Å²) >= 11 is 14.4. The standard InChI is InChI=1S/2C4H10O.C2H3Cl3O.2ClH.2Ti/c2*1-2-3-4-5;3-2(4,5)1-6;;;;/h2*5H,2-4H2,1H3;6H,1H2;2*1H;;/q;;;;;;+2/p-2. The maximum atomic E-state index is 8.07. The number of halogens is 5. The number of hydrogen-bond donors (Lipinski definition) is 3. The van der Waals surface area contributed by atoms with Crippen molar-refractivity contribution in [3.63, 3.8) is 0 Å².